The Morgan fingerprint density at radius 2 is 1.71 bits per heavy atom. The van der Waals surface area contributed by atoms with E-state index in [4.69, 9.17) is 4.74 Å². The Morgan fingerprint density at radius 1 is 1.12 bits per heavy atom. The van der Waals surface area contributed by atoms with E-state index in [-0.39, 0.29) is 0 Å². The van der Waals surface area contributed by atoms with Crippen LogP contribution in [0.1, 0.15) is 38.2 Å². The van der Waals surface area contributed by atoms with Crippen LogP contribution in [0.4, 0.5) is 0 Å². The molecule has 1 aromatic rings. The average Bonchev–Trinajstić information content (AvgIpc) is 2.39. The molecule has 1 rings (SSSR count). The second-order valence-corrected chi connectivity index (χ2v) is 4.51. The van der Waals surface area contributed by atoms with Gasteiger partial charge < -0.3 is 10.1 Å². The largest absolute Gasteiger partial charge is 0.497 e. The summed E-state index contributed by atoms with van der Waals surface area (Å²) in [6.07, 6.45) is 2.46. The third-order valence-corrected chi connectivity index (χ3v) is 3.59. The zero-order valence-corrected chi connectivity index (χ0v) is 11.5. The van der Waals surface area contributed by atoms with Crippen molar-refractivity contribution in [3.05, 3.63) is 29.8 Å². The Morgan fingerprint density at radius 3 is 2.12 bits per heavy atom. The van der Waals surface area contributed by atoms with E-state index >= 15 is 0 Å². The molecule has 0 aromatic heterocycles. The van der Waals surface area contributed by atoms with Crippen molar-refractivity contribution in [2.45, 2.75) is 32.6 Å². The van der Waals surface area contributed by atoms with E-state index in [1.165, 1.54) is 18.4 Å². The molecule has 0 amide bonds. The number of hydrogen-bond donors (Lipinski definition) is 1. The van der Waals surface area contributed by atoms with Crippen molar-refractivity contribution in [3.8, 4) is 5.75 Å². The van der Waals surface area contributed by atoms with Gasteiger partial charge in [0.05, 0.1) is 7.11 Å². The van der Waals surface area contributed by atoms with Gasteiger partial charge in [-0.3, -0.25) is 0 Å². The maximum atomic E-state index is 5.21. The van der Waals surface area contributed by atoms with Crippen molar-refractivity contribution >= 4 is 0 Å². The van der Waals surface area contributed by atoms with Gasteiger partial charge in [0.2, 0.25) is 0 Å². The number of nitrogens with one attached hydrogen (secondary N) is 1. The lowest BCUT2D eigenvalue weighted by atomic mass is 9.82. The van der Waals surface area contributed by atoms with Gasteiger partial charge in [0, 0.05) is 6.54 Å². The molecule has 0 aliphatic rings. The third kappa shape index (κ3) is 3.74. The molecule has 0 radical (unpaired) electrons. The number of methoxy groups -OCH3 is 1. The first-order chi connectivity index (χ1) is 8.26. The molecule has 2 heteroatoms. The van der Waals surface area contributed by atoms with Crippen LogP contribution in [0.2, 0.25) is 0 Å². The highest BCUT2D eigenvalue weighted by molar-refractivity contribution is 5.30. The molecular formula is C15H25NO. The summed E-state index contributed by atoms with van der Waals surface area (Å²) in [7, 11) is 3.74. The van der Waals surface area contributed by atoms with E-state index in [1.54, 1.807) is 7.11 Å². The van der Waals surface area contributed by atoms with Crippen molar-refractivity contribution in [1.82, 2.24) is 5.32 Å². The molecule has 0 spiro atoms. The molecule has 2 nitrogen and oxygen atoms in total. The van der Waals surface area contributed by atoms with Gasteiger partial charge in [-0.25, -0.2) is 0 Å². The van der Waals surface area contributed by atoms with Crippen LogP contribution < -0.4 is 10.1 Å². The molecule has 96 valence electrons. The molecule has 1 aromatic carbocycles. The number of benzene rings is 1. The summed E-state index contributed by atoms with van der Waals surface area (Å²) in [6, 6.07) is 8.50. The zero-order chi connectivity index (χ0) is 12.7. The first-order valence-corrected chi connectivity index (χ1v) is 6.55. The fraction of sp³-hybridized carbons (Fsp3) is 0.600. The predicted octanol–water partition coefficient (Wildman–Crippen LogP) is 3.43. The number of rotatable bonds is 7. The predicted molar refractivity (Wildman–Crippen MR) is 73.7 cm³/mol. The average molecular weight is 235 g/mol. The summed E-state index contributed by atoms with van der Waals surface area (Å²) in [6.45, 7) is 5.60. The first kappa shape index (κ1) is 14.0. The SMILES string of the molecule is CCC(CC)C(CNC)c1ccc(OC)cc1. The molecule has 0 bridgehead atoms. The Balaban J connectivity index is 2.87. The minimum Gasteiger partial charge on any atom is -0.497 e. The van der Waals surface area contributed by atoms with Crippen molar-refractivity contribution in [2.24, 2.45) is 5.92 Å². The van der Waals surface area contributed by atoms with Crippen LogP contribution in [0.5, 0.6) is 5.75 Å². The van der Waals surface area contributed by atoms with Gasteiger partial charge in [-0.2, -0.15) is 0 Å². The second kappa shape index (κ2) is 7.33. The van der Waals surface area contributed by atoms with Crippen LogP contribution in [0.15, 0.2) is 24.3 Å². The fourth-order valence-electron chi connectivity index (χ4n) is 2.49. The molecule has 0 aliphatic heterocycles. The Kier molecular flexibility index (Phi) is 6.06. The molecule has 0 saturated heterocycles. The van der Waals surface area contributed by atoms with Gasteiger partial charge in [0.1, 0.15) is 5.75 Å². The Hall–Kier alpha value is -1.02. The van der Waals surface area contributed by atoms with Crippen molar-refractivity contribution in [3.63, 3.8) is 0 Å². The molecule has 1 N–H and O–H groups in total. The Labute approximate surface area is 105 Å². The molecule has 1 atom stereocenters. The summed E-state index contributed by atoms with van der Waals surface area (Å²) < 4.78 is 5.21. The maximum Gasteiger partial charge on any atom is 0.118 e. The van der Waals surface area contributed by atoms with E-state index in [9.17, 15) is 0 Å². The van der Waals surface area contributed by atoms with E-state index in [0.29, 0.717) is 5.92 Å². The van der Waals surface area contributed by atoms with E-state index in [2.05, 4.69) is 43.4 Å². The van der Waals surface area contributed by atoms with Crippen LogP contribution in [0.3, 0.4) is 0 Å². The van der Waals surface area contributed by atoms with Crippen LogP contribution in [-0.4, -0.2) is 20.7 Å². The molecule has 0 aliphatic carbocycles. The first-order valence-electron chi connectivity index (χ1n) is 6.55. The van der Waals surface area contributed by atoms with Crippen LogP contribution in [-0.2, 0) is 0 Å². The normalized spacial score (nSPS) is 12.8. The molecule has 1 unspecified atom stereocenters. The summed E-state index contributed by atoms with van der Waals surface area (Å²) >= 11 is 0. The maximum absolute atomic E-state index is 5.21. The summed E-state index contributed by atoms with van der Waals surface area (Å²) in [4.78, 5) is 0. The highest BCUT2D eigenvalue weighted by Gasteiger charge is 2.19. The molecular weight excluding hydrogens is 210 g/mol. The van der Waals surface area contributed by atoms with Crippen molar-refractivity contribution in [2.75, 3.05) is 20.7 Å². The standard InChI is InChI=1S/C15H25NO/c1-5-12(6-2)15(11-16-3)13-7-9-14(17-4)10-8-13/h7-10,12,15-16H,5-6,11H2,1-4H3. The Bertz CT molecular complexity index is 303. The molecule has 0 heterocycles. The quantitative estimate of drug-likeness (QED) is 0.781. The van der Waals surface area contributed by atoms with Gasteiger partial charge in [0.25, 0.3) is 0 Å². The van der Waals surface area contributed by atoms with Gasteiger partial charge >= 0.3 is 0 Å². The highest BCUT2D eigenvalue weighted by atomic mass is 16.5. The fourth-order valence-corrected chi connectivity index (χ4v) is 2.49. The van der Waals surface area contributed by atoms with E-state index < -0.39 is 0 Å². The van der Waals surface area contributed by atoms with Crippen LogP contribution in [0.25, 0.3) is 0 Å². The van der Waals surface area contributed by atoms with Gasteiger partial charge in [0.15, 0.2) is 0 Å². The molecule has 0 fully saturated rings. The van der Waals surface area contributed by atoms with Gasteiger partial charge in [-0.15, -0.1) is 0 Å². The number of hydrogen-bond acceptors (Lipinski definition) is 2. The minimum absolute atomic E-state index is 0.598. The van der Waals surface area contributed by atoms with Crippen molar-refractivity contribution in [1.29, 1.82) is 0 Å². The van der Waals surface area contributed by atoms with Gasteiger partial charge in [-0.05, 0) is 36.6 Å². The van der Waals surface area contributed by atoms with Crippen LogP contribution in [0, 0.1) is 5.92 Å². The monoisotopic (exact) mass is 235 g/mol. The minimum atomic E-state index is 0.598. The second-order valence-electron chi connectivity index (χ2n) is 4.51. The lowest BCUT2D eigenvalue weighted by Gasteiger charge is -2.25. The lowest BCUT2D eigenvalue weighted by molar-refractivity contribution is 0.386. The third-order valence-electron chi connectivity index (χ3n) is 3.59. The van der Waals surface area contributed by atoms with Crippen LogP contribution >= 0.6 is 0 Å². The summed E-state index contributed by atoms with van der Waals surface area (Å²) in [5, 5.41) is 3.31. The summed E-state index contributed by atoms with van der Waals surface area (Å²) in [5.41, 5.74) is 1.41. The molecule has 0 saturated carbocycles. The number of likely N-dealkylation sites (N-methyl/N-ethyl adjacent to an activating group) is 1. The zero-order valence-electron chi connectivity index (χ0n) is 11.5. The van der Waals surface area contributed by atoms with E-state index in [1.807, 2.05) is 7.05 Å². The summed E-state index contributed by atoms with van der Waals surface area (Å²) in [5.74, 6) is 2.28. The van der Waals surface area contributed by atoms with Crippen molar-refractivity contribution < 1.29 is 4.74 Å². The molecule has 17 heavy (non-hydrogen) atoms. The lowest BCUT2D eigenvalue weighted by Crippen LogP contribution is -2.23. The van der Waals surface area contributed by atoms with Gasteiger partial charge in [-0.1, -0.05) is 38.8 Å². The van der Waals surface area contributed by atoms with E-state index in [0.717, 1.165) is 18.2 Å². The number of ether oxygens (including phenoxy) is 1. The topological polar surface area (TPSA) is 21.3 Å². The smallest absolute Gasteiger partial charge is 0.118 e. The highest BCUT2D eigenvalue weighted by Crippen LogP contribution is 2.30.